The maximum atomic E-state index is 13.5. The van der Waals surface area contributed by atoms with Crippen LogP contribution in [0.15, 0.2) is 91.0 Å². The van der Waals surface area contributed by atoms with Crippen LogP contribution < -0.4 is 9.64 Å². The molecule has 0 N–H and O–H groups in total. The Bertz CT molecular complexity index is 1480. The second-order valence-electron chi connectivity index (χ2n) is 10.3. The predicted molar refractivity (Wildman–Crippen MR) is 159 cm³/mol. The topological polar surface area (TPSA) is 78.9 Å². The summed E-state index contributed by atoms with van der Waals surface area (Å²) in [6.07, 6.45) is 0.953. The quantitative estimate of drug-likeness (QED) is 0.294. The molecule has 1 aliphatic heterocycles. The summed E-state index contributed by atoms with van der Waals surface area (Å²) in [5.74, 6) is 0.910. The lowest BCUT2D eigenvalue weighted by atomic mass is 10.1. The fraction of sp³-hybridized carbons (Fsp3) is 0.273. The van der Waals surface area contributed by atoms with Crippen molar-refractivity contribution in [3.63, 3.8) is 0 Å². The zero-order chi connectivity index (χ0) is 29.3. The van der Waals surface area contributed by atoms with Crippen LogP contribution in [0.4, 0.5) is 10.2 Å². The highest BCUT2D eigenvalue weighted by Crippen LogP contribution is 2.23. The number of hydrogen-bond donors (Lipinski definition) is 0. The molecule has 2 amide bonds. The van der Waals surface area contributed by atoms with Gasteiger partial charge in [0.15, 0.2) is 5.82 Å². The number of aromatic nitrogens is 2. The molecule has 8 nitrogen and oxygen atoms in total. The third-order valence-corrected chi connectivity index (χ3v) is 7.35. The number of halogens is 1. The summed E-state index contributed by atoms with van der Waals surface area (Å²) in [4.78, 5) is 32.3. The van der Waals surface area contributed by atoms with Gasteiger partial charge in [0.2, 0.25) is 11.8 Å². The Morgan fingerprint density at radius 2 is 1.67 bits per heavy atom. The molecule has 3 aromatic carbocycles. The standard InChI is InChI=1S/C33H34FN5O3/c1-42-29-10-5-9-27(22-29)30-15-16-31(36-35-30)37-17-6-18-38(20-19-37)33(41)24-39(23-26-11-13-28(34)14-12-26)32(40)21-25-7-3-2-4-8-25/h2-5,7-16,22H,6,17-21,23-24H2,1H3. The van der Waals surface area contributed by atoms with Gasteiger partial charge in [-0.1, -0.05) is 54.6 Å². The minimum Gasteiger partial charge on any atom is -0.497 e. The highest BCUT2D eigenvalue weighted by atomic mass is 19.1. The molecule has 0 radical (unpaired) electrons. The van der Waals surface area contributed by atoms with Crippen molar-refractivity contribution < 1.29 is 18.7 Å². The summed E-state index contributed by atoms with van der Waals surface area (Å²) >= 11 is 0. The first-order valence-electron chi connectivity index (χ1n) is 14.1. The Hall–Kier alpha value is -4.79. The third-order valence-electron chi connectivity index (χ3n) is 7.35. The van der Waals surface area contributed by atoms with E-state index in [4.69, 9.17) is 4.74 Å². The molecule has 0 aliphatic carbocycles. The van der Waals surface area contributed by atoms with Gasteiger partial charge < -0.3 is 19.4 Å². The number of anilines is 1. The summed E-state index contributed by atoms with van der Waals surface area (Å²) in [5, 5.41) is 8.89. The van der Waals surface area contributed by atoms with Crippen LogP contribution in [-0.2, 0) is 22.6 Å². The molecule has 1 saturated heterocycles. The average Bonchev–Trinajstić information content (AvgIpc) is 3.29. The molecule has 216 valence electrons. The molecule has 0 spiro atoms. The molecule has 2 heterocycles. The van der Waals surface area contributed by atoms with Crippen molar-refractivity contribution in [2.45, 2.75) is 19.4 Å². The highest BCUT2D eigenvalue weighted by Gasteiger charge is 2.24. The summed E-state index contributed by atoms with van der Waals surface area (Å²) in [7, 11) is 1.63. The van der Waals surface area contributed by atoms with E-state index < -0.39 is 0 Å². The van der Waals surface area contributed by atoms with Gasteiger partial charge in [-0.3, -0.25) is 9.59 Å². The molecule has 1 aromatic heterocycles. The molecule has 0 atom stereocenters. The third kappa shape index (κ3) is 7.48. The Labute approximate surface area is 245 Å². The van der Waals surface area contributed by atoms with E-state index in [2.05, 4.69) is 15.1 Å². The number of ether oxygens (including phenoxy) is 1. The van der Waals surface area contributed by atoms with Crippen molar-refractivity contribution in [1.29, 1.82) is 0 Å². The van der Waals surface area contributed by atoms with Crippen LogP contribution in [-0.4, -0.2) is 71.6 Å². The first kappa shape index (κ1) is 28.7. The predicted octanol–water partition coefficient (Wildman–Crippen LogP) is 4.60. The smallest absolute Gasteiger partial charge is 0.242 e. The monoisotopic (exact) mass is 567 g/mol. The Morgan fingerprint density at radius 3 is 2.40 bits per heavy atom. The van der Waals surface area contributed by atoms with Gasteiger partial charge in [0, 0.05) is 38.3 Å². The van der Waals surface area contributed by atoms with E-state index >= 15 is 0 Å². The maximum Gasteiger partial charge on any atom is 0.242 e. The van der Waals surface area contributed by atoms with Gasteiger partial charge >= 0.3 is 0 Å². The maximum absolute atomic E-state index is 13.5. The fourth-order valence-corrected chi connectivity index (χ4v) is 5.01. The van der Waals surface area contributed by atoms with Crippen molar-refractivity contribution in [2.75, 3.05) is 44.7 Å². The van der Waals surface area contributed by atoms with Gasteiger partial charge in [-0.25, -0.2) is 4.39 Å². The van der Waals surface area contributed by atoms with Crippen LogP contribution in [0, 0.1) is 5.82 Å². The SMILES string of the molecule is COc1cccc(-c2ccc(N3CCCN(C(=O)CN(Cc4ccc(F)cc4)C(=O)Cc4ccccc4)CC3)nn2)c1. The Kier molecular flexibility index (Phi) is 9.38. The van der Waals surface area contributed by atoms with Crippen LogP contribution in [0.3, 0.4) is 0 Å². The van der Waals surface area contributed by atoms with Crippen molar-refractivity contribution in [1.82, 2.24) is 20.0 Å². The molecule has 0 saturated carbocycles. The van der Waals surface area contributed by atoms with Crippen LogP contribution in [0.2, 0.25) is 0 Å². The second-order valence-corrected chi connectivity index (χ2v) is 10.3. The van der Waals surface area contributed by atoms with Gasteiger partial charge in [-0.15, -0.1) is 10.2 Å². The van der Waals surface area contributed by atoms with Gasteiger partial charge in [-0.2, -0.15) is 0 Å². The van der Waals surface area contributed by atoms with E-state index in [1.54, 1.807) is 24.1 Å². The first-order chi connectivity index (χ1) is 20.5. The minimum absolute atomic E-state index is 0.0436. The van der Waals surface area contributed by atoms with Crippen molar-refractivity contribution >= 4 is 17.6 Å². The lowest BCUT2D eigenvalue weighted by Gasteiger charge is -2.27. The second kappa shape index (κ2) is 13.7. The number of amides is 2. The summed E-state index contributed by atoms with van der Waals surface area (Å²) < 4.78 is 18.8. The van der Waals surface area contributed by atoms with Crippen LogP contribution in [0.5, 0.6) is 5.75 Å². The fourth-order valence-electron chi connectivity index (χ4n) is 5.01. The van der Waals surface area contributed by atoms with Crippen molar-refractivity contribution in [3.8, 4) is 17.0 Å². The number of nitrogens with zero attached hydrogens (tertiary/aromatic N) is 5. The average molecular weight is 568 g/mol. The van der Waals surface area contributed by atoms with Gasteiger partial charge in [0.25, 0.3) is 0 Å². The normalized spacial score (nSPS) is 13.4. The molecular weight excluding hydrogens is 533 g/mol. The van der Waals surface area contributed by atoms with Crippen LogP contribution >= 0.6 is 0 Å². The lowest BCUT2D eigenvalue weighted by Crippen LogP contribution is -2.44. The van der Waals surface area contributed by atoms with Crippen molar-refractivity contribution in [2.24, 2.45) is 0 Å². The Morgan fingerprint density at radius 1 is 0.857 bits per heavy atom. The highest BCUT2D eigenvalue weighted by molar-refractivity contribution is 5.86. The summed E-state index contributed by atoms with van der Waals surface area (Å²) in [6, 6.07) is 27.1. The van der Waals surface area contributed by atoms with E-state index in [-0.39, 0.29) is 37.1 Å². The molecule has 5 rings (SSSR count). The molecule has 0 bridgehead atoms. The molecule has 42 heavy (non-hydrogen) atoms. The molecular formula is C33H34FN5O3. The van der Waals surface area contributed by atoms with Gasteiger partial charge in [0.1, 0.15) is 18.1 Å². The van der Waals surface area contributed by atoms with E-state index in [1.165, 1.54) is 12.1 Å². The number of benzene rings is 3. The number of carbonyl (C=O) groups excluding carboxylic acids is 2. The summed E-state index contributed by atoms with van der Waals surface area (Å²) in [5.41, 5.74) is 3.32. The molecule has 0 unspecified atom stereocenters. The minimum atomic E-state index is -0.342. The molecule has 9 heteroatoms. The molecule has 1 aliphatic rings. The van der Waals surface area contributed by atoms with E-state index in [0.717, 1.165) is 46.9 Å². The largest absolute Gasteiger partial charge is 0.497 e. The number of carbonyl (C=O) groups is 2. The zero-order valence-corrected chi connectivity index (χ0v) is 23.7. The number of rotatable bonds is 9. The molecule has 4 aromatic rings. The number of methoxy groups -OCH3 is 1. The Balaban J connectivity index is 1.23. The van der Waals surface area contributed by atoms with Crippen LogP contribution in [0.25, 0.3) is 11.3 Å². The van der Waals surface area contributed by atoms with Gasteiger partial charge in [0.05, 0.1) is 19.2 Å². The number of hydrogen-bond acceptors (Lipinski definition) is 6. The van der Waals surface area contributed by atoms with E-state index in [0.29, 0.717) is 19.6 Å². The van der Waals surface area contributed by atoms with Gasteiger partial charge in [-0.05, 0) is 53.9 Å². The zero-order valence-electron chi connectivity index (χ0n) is 23.7. The van der Waals surface area contributed by atoms with E-state index in [9.17, 15) is 14.0 Å². The van der Waals surface area contributed by atoms with Crippen LogP contribution in [0.1, 0.15) is 17.5 Å². The first-order valence-corrected chi connectivity index (χ1v) is 14.1. The van der Waals surface area contributed by atoms with Crippen molar-refractivity contribution in [3.05, 3.63) is 108 Å². The molecule has 1 fully saturated rings. The summed E-state index contributed by atoms with van der Waals surface area (Å²) in [6.45, 7) is 2.63. The van der Waals surface area contributed by atoms with E-state index in [1.807, 2.05) is 71.6 Å². The lowest BCUT2D eigenvalue weighted by molar-refractivity contribution is -0.140.